The van der Waals surface area contributed by atoms with Crippen molar-refractivity contribution in [2.24, 2.45) is 5.73 Å². The molecule has 0 spiro atoms. The first-order valence-electron chi connectivity index (χ1n) is 6.05. The van der Waals surface area contributed by atoms with Gasteiger partial charge in [-0.3, -0.25) is 9.59 Å². The predicted octanol–water partition coefficient (Wildman–Crippen LogP) is 0.492. The average Bonchev–Trinajstić information content (AvgIpc) is 2.79. The number of pyridine rings is 1. The lowest BCUT2D eigenvalue weighted by molar-refractivity contribution is -0.134. The maximum absolute atomic E-state index is 11.0. The number of methoxy groups -OCH3 is 1. The molecule has 0 saturated heterocycles. The number of amides is 1. The van der Waals surface area contributed by atoms with Crippen LogP contribution in [-0.2, 0) is 16.1 Å². The predicted molar refractivity (Wildman–Crippen MR) is 76.3 cm³/mol. The van der Waals surface area contributed by atoms with Crippen LogP contribution >= 0.6 is 11.8 Å². The molecule has 0 aliphatic heterocycles. The molecule has 2 aromatic rings. The molecule has 0 bridgehead atoms. The van der Waals surface area contributed by atoms with Crippen molar-refractivity contribution in [3.05, 3.63) is 12.1 Å². The second-order valence-corrected chi connectivity index (χ2v) is 5.08. The number of rotatable bonds is 7. The number of carboxylic acids is 1. The molecule has 21 heavy (non-hydrogen) atoms. The lowest BCUT2D eigenvalue weighted by atomic mass is 10.4. The second kappa shape index (κ2) is 6.44. The summed E-state index contributed by atoms with van der Waals surface area (Å²) in [4.78, 5) is 30.3. The van der Waals surface area contributed by atoms with Gasteiger partial charge in [-0.1, -0.05) is 11.8 Å². The van der Waals surface area contributed by atoms with Crippen LogP contribution in [0.15, 0.2) is 17.3 Å². The number of carbonyl (C=O) groups is 2. The molecule has 0 aliphatic carbocycles. The van der Waals surface area contributed by atoms with E-state index in [1.165, 1.54) is 7.11 Å². The Morgan fingerprint density at radius 3 is 2.81 bits per heavy atom. The van der Waals surface area contributed by atoms with Gasteiger partial charge in [0.1, 0.15) is 5.52 Å². The summed E-state index contributed by atoms with van der Waals surface area (Å²) in [6.07, 6.45) is 0.116. The number of hydrogen-bond donors (Lipinski definition) is 2. The summed E-state index contributed by atoms with van der Waals surface area (Å²) >= 11 is 1.07. The Hall–Kier alpha value is -2.29. The lowest BCUT2D eigenvalue weighted by Crippen LogP contribution is -2.14. The van der Waals surface area contributed by atoms with E-state index in [0.29, 0.717) is 22.2 Å². The minimum absolute atomic E-state index is 0.116. The zero-order valence-electron chi connectivity index (χ0n) is 11.3. The van der Waals surface area contributed by atoms with Crippen LogP contribution in [0.4, 0.5) is 0 Å². The van der Waals surface area contributed by atoms with Crippen molar-refractivity contribution in [3.8, 4) is 5.88 Å². The summed E-state index contributed by atoms with van der Waals surface area (Å²) in [5.41, 5.74) is 6.30. The van der Waals surface area contributed by atoms with E-state index in [-0.39, 0.29) is 18.7 Å². The third-order valence-corrected chi connectivity index (χ3v) is 3.61. The van der Waals surface area contributed by atoms with E-state index < -0.39 is 11.9 Å². The molecular weight excluding hydrogens is 296 g/mol. The molecule has 0 atom stereocenters. The van der Waals surface area contributed by atoms with Gasteiger partial charge in [0.25, 0.3) is 0 Å². The highest BCUT2D eigenvalue weighted by atomic mass is 32.2. The summed E-state index contributed by atoms with van der Waals surface area (Å²) in [5.74, 6) is -1.11. The topological polar surface area (TPSA) is 120 Å². The van der Waals surface area contributed by atoms with Gasteiger partial charge >= 0.3 is 5.97 Å². The molecule has 0 fully saturated rings. The highest BCUT2D eigenvalue weighted by Crippen LogP contribution is 2.25. The summed E-state index contributed by atoms with van der Waals surface area (Å²) < 4.78 is 6.74. The minimum Gasteiger partial charge on any atom is -0.481 e. The molecule has 2 heterocycles. The normalized spacial score (nSPS) is 10.7. The fourth-order valence-electron chi connectivity index (χ4n) is 1.74. The van der Waals surface area contributed by atoms with Crippen molar-refractivity contribution in [2.45, 2.75) is 18.1 Å². The smallest absolute Gasteiger partial charge is 0.313 e. The van der Waals surface area contributed by atoms with Crippen molar-refractivity contribution in [1.82, 2.24) is 14.5 Å². The molecule has 8 nitrogen and oxygen atoms in total. The van der Waals surface area contributed by atoms with E-state index in [1.54, 1.807) is 16.7 Å². The van der Waals surface area contributed by atoms with Gasteiger partial charge in [-0.25, -0.2) is 4.98 Å². The standard InChI is InChI=1S/C12H14N4O4S/c1-20-9-3-2-7-11(15-9)16(5-4-8(13)17)12(14-7)21-6-10(18)19/h2-3H,4-6H2,1H3,(H2,13,17)(H,18,19). The van der Waals surface area contributed by atoms with Crippen molar-refractivity contribution in [1.29, 1.82) is 0 Å². The molecule has 0 saturated carbocycles. The number of carbonyl (C=O) groups excluding carboxylic acids is 1. The number of aryl methyl sites for hydroxylation is 1. The molecule has 0 aromatic carbocycles. The fourth-order valence-corrected chi connectivity index (χ4v) is 2.49. The van der Waals surface area contributed by atoms with E-state index in [9.17, 15) is 9.59 Å². The van der Waals surface area contributed by atoms with Crippen LogP contribution in [0.5, 0.6) is 5.88 Å². The quantitative estimate of drug-likeness (QED) is 0.714. The third-order valence-electron chi connectivity index (χ3n) is 2.65. The molecule has 2 rings (SSSR count). The maximum Gasteiger partial charge on any atom is 0.313 e. The molecule has 2 aromatic heterocycles. The van der Waals surface area contributed by atoms with Crippen LogP contribution in [0, 0.1) is 0 Å². The Balaban J connectivity index is 2.41. The summed E-state index contributed by atoms with van der Waals surface area (Å²) in [5, 5.41) is 9.25. The Labute approximate surface area is 124 Å². The van der Waals surface area contributed by atoms with Crippen LogP contribution in [0.3, 0.4) is 0 Å². The Bertz CT molecular complexity index is 685. The molecular formula is C12H14N4O4S. The van der Waals surface area contributed by atoms with E-state index in [2.05, 4.69) is 9.97 Å². The van der Waals surface area contributed by atoms with Crippen LogP contribution in [0.25, 0.3) is 11.2 Å². The fraction of sp³-hybridized carbons (Fsp3) is 0.333. The first-order chi connectivity index (χ1) is 10.0. The van der Waals surface area contributed by atoms with Crippen molar-refractivity contribution in [2.75, 3.05) is 12.9 Å². The minimum atomic E-state index is -0.945. The number of carboxylic acid groups (broad SMARTS) is 1. The number of primary amides is 1. The first-order valence-corrected chi connectivity index (χ1v) is 7.04. The molecule has 1 amide bonds. The van der Waals surface area contributed by atoms with E-state index in [1.807, 2.05) is 0 Å². The van der Waals surface area contributed by atoms with Gasteiger partial charge in [-0.05, 0) is 6.07 Å². The number of fused-ring (bicyclic) bond motifs is 1. The lowest BCUT2D eigenvalue weighted by Gasteiger charge is -2.06. The van der Waals surface area contributed by atoms with Gasteiger partial charge < -0.3 is 20.1 Å². The van der Waals surface area contributed by atoms with E-state index >= 15 is 0 Å². The average molecular weight is 310 g/mol. The summed E-state index contributed by atoms with van der Waals surface area (Å²) in [6.45, 7) is 0.286. The number of thioether (sulfide) groups is 1. The van der Waals surface area contributed by atoms with Crippen molar-refractivity contribution in [3.63, 3.8) is 0 Å². The highest BCUT2D eigenvalue weighted by Gasteiger charge is 2.15. The monoisotopic (exact) mass is 310 g/mol. The Morgan fingerprint density at radius 2 is 2.19 bits per heavy atom. The SMILES string of the molecule is COc1ccc2nc(SCC(=O)O)n(CCC(N)=O)c2n1. The first kappa shape index (κ1) is 15.1. The number of imidazole rings is 1. The zero-order valence-corrected chi connectivity index (χ0v) is 12.1. The highest BCUT2D eigenvalue weighted by molar-refractivity contribution is 7.99. The number of nitrogens with two attached hydrogens (primary N) is 1. The molecule has 0 aliphatic rings. The van der Waals surface area contributed by atoms with Crippen molar-refractivity contribution >= 4 is 34.8 Å². The van der Waals surface area contributed by atoms with Crippen LogP contribution in [-0.4, -0.2) is 44.4 Å². The van der Waals surface area contributed by atoms with E-state index in [4.69, 9.17) is 15.6 Å². The Kier molecular flexibility index (Phi) is 4.63. The summed E-state index contributed by atoms with van der Waals surface area (Å²) in [6, 6.07) is 3.40. The number of ether oxygens (including phenoxy) is 1. The number of aliphatic carboxylic acids is 1. The zero-order chi connectivity index (χ0) is 15.4. The van der Waals surface area contributed by atoms with Crippen LogP contribution in [0.1, 0.15) is 6.42 Å². The maximum atomic E-state index is 11.0. The Morgan fingerprint density at radius 1 is 1.43 bits per heavy atom. The van der Waals surface area contributed by atoms with Gasteiger partial charge in [0.15, 0.2) is 10.8 Å². The van der Waals surface area contributed by atoms with Gasteiger partial charge in [-0.2, -0.15) is 4.98 Å². The molecule has 3 N–H and O–H groups in total. The third kappa shape index (κ3) is 3.63. The molecule has 0 unspecified atom stereocenters. The molecule has 0 radical (unpaired) electrons. The van der Waals surface area contributed by atoms with Crippen LogP contribution < -0.4 is 10.5 Å². The van der Waals surface area contributed by atoms with E-state index in [0.717, 1.165) is 11.8 Å². The number of nitrogens with zero attached hydrogens (tertiary/aromatic N) is 3. The van der Waals surface area contributed by atoms with Crippen LogP contribution in [0.2, 0.25) is 0 Å². The van der Waals surface area contributed by atoms with Crippen molar-refractivity contribution < 1.29 is 19.4 Å². The molecule has 112 valence electrons. The second-order valence-electron chi connectivity index (χ2n) is 4.14. The van der Waals surface area contributed by atoms with Gasteiger partial charge in [0, 0.05) is 19.0 Å². The molecule has 9 heteroatoms. The van der Waals surface area contributed by atoms with Gasteiger partial charge in [0.2, 0.25) is 11.8 Å². The number of hydrogen-bond acceptors (Lipinski definition) is 6. The summed E-state index contributed by atoms with van der Waals surface area (Å²) in [7, 11) is 1.50. The van der Waals surface area contributed by atoms with Gasteiger partial charge in [0.05, 0.1) is 12.9 Å². The number of aromatic nitrogens is 3. The largest absolute Gasteiger partial charge is 0.481 e. The van der Waals surface area contributed by atoms with Gasteiger partial charge in [-0.15, -0.1) is 0 Å².